The van der Waals surface area contributed by atoms with Crippen molar-refractivity contribution in [2.24, 2.45) is 0 Å². The van der Waals surface area contributed by atoms with Crippen molar-refractivity contribution in [1.82, 2.24) is 0 Å². The molecule has 2 aromatic rings. The highest BCUT2D eigenvalue weighted by Crippen LogP contribution is 2.28. The number of fused-ring (bicyclic) bond motifs is 1. The third kappa shape index (κ3) is 3.35. The van der Waals surface area contributed by atoms with Gasteiger partial charge in [0.25, 0.3) is 0 Å². The third-order valence-corrected chi connectivity index (χ3v) is 4.37. The Morgan fingerprint density at radius 2 is 1.65 bits per heavy atom. The smallest absolute Gasteiger partial charge is 0.229 e. The quantitative estimate of drug-likeness (QED) is 0.624. The number of aliphatic hydroxyl groups excluding tert-OH is 4. The van der Waals surface area contributed by atoms with E-state index in [0.717, 1.165) is 15.2 Å². The van der Waals surface area contributed by atoms with Gasteiger partial charge in [-0.05, 0) is 35.0 Å². The van der Waals surface area contributed by atoms with Crippen LogP contribution in [0.2, 0.25) is 0 Å². The van der Waals surface area contributed by atoms with Crippen molar-refractivity contribution >= 4 is 26.7 Å². The number of rotatable bonds is 3. The normalized spacial score (nSPS) is 31.3. The van der Waals surface area contributed by atoms with Gasteiger partial charge in [-0.15, -0.1) is 0 Å². The van der Waals surface area contributed by atoms with Crippen molar-refractivity contribution in [2.75, 3.05) is 6.61 Å². The first-order chi connectivity index (χ1) is 11.0. The van der Waals surface area contributed by atoms with E-state index in [2.05, 4.69) is 15.9 Å². The third-order valence-electron chi connectivity index (χ3n) is 3.87. The van der Waals surface area contributed by atoms with Crippen LogP contribution in [0.15, 0.2) is 40.9 Å². The Morgan fingerprint density at radius 1 is 0.957 bits per heavy atom. The highest BCUT2D eigenvalue weighted by atomic mass is 79.9. The molecule has 0 bridgehead atoms. The van der Waals surface area contributed by atoms with Crippen molar-refractivity contribution in [3.63, 3.8) is 0 Å². The topological polar surface area (TPSA) is 99.4 Å². The second-order valence-corrected chi connectivity index (χ2v) is 6.38. The number of hydrogen-bond acceptors (Lipinski definition) is 6. The molecule has 6 nitrogen and oxygen atoms in total. The van der Waals surface area contributed by atoms with Crippen molar-refractivity contribution in [2.45, 2.75) is 30.7 Å². The maximum Gasteiger partial charge on any atom is 0.229 e. The van der Waals surface area contributed by atoms with Crippen molar-refractivity contribution in [3.8, 4) is 5.75 Å². The van der Waals surface area contributed by atoms with Gasteiger partial charge in [-0.1, -0.05) is 28.1 Å². The monoisotopic (exact) mass is 384 g/mol. The summed E-state index contributed by atoms with van der Waals surface area (Å²) in [6.45, 7) is -0.490. The second-order valence-electron chi connectivity index (χ2n) is 5.47. The molecule has 5 atom stereocenters. The molecule has 1 heterocycles. The molecule has 4 N–H and O–H groups in total. The Labute approximate surface area is 141 Å². The lowest BCUT2D eigenvalue weighted by atomic mass is 9.99. The zero-order valence-corrected chi connectivity index (χ0v) is 13.6. The number of benzene rings is 2. The molecule has 7 heteroatoms. The van der Waals surface area contributed by atoms with Crippen molar-refractivity contribution in [1.29, 1.82) is 0 Å². The molecule has 3 rings (SSSR count). The summed E-state index contributed by atoms with van der Waals surface area (Å²) in [6, 6.07) is 11.1. The molecule has 0 aromatic heterocycles. The molecule has 0 saturated carbocycles. The van der Waals surface area contributed by atoms with Gasteiger partial charge < -0.3 is 29.9 Å². The Balaban J connectivity index is 1.81. The lowest BCUT2D eigenvalue weighted by Gasteiger charge is -2.39. The maximum absolute atomic E-state index is 9.98. The minimum atomic E-state index is -1.46. The standard InChI is InChI=1S/C16H17BrO6/c17-10-3-1-9-6-11(4-2-8(9)5-10)22-16-15(21)14(20)13(19)12(7-18)23-16/h1-6,12-16,18-21H,7H2/t12-,13+,14+,15+,16-/m1/s1. The minimum absolute atomic E-state index is 0.448. The number of aliphatic hydroxyl groups is 4. The molecule has 1 aliphatic rings. The van der Waals surface area contributed by atoms with Gasteiger partial charge in [-0.3, -0.25) is 0 Å². The largest absolute Gasteiger partial charge is 0.462 e. The van der Waals surface area contributed by atoms with E-state index in [9.17, 15) is 20.4 Å². The Kier molecular flexibility index (Phi) is 4.86. The van der Waals surface area contributed by atoms with Crippen LogP contribution in [-0.2, 0) is 4.74 Å². The van der Waals surface area contributed by atoms with Crippen LogP contribution in [0.25, 0.3) is 10.8 Å². The summed E-state index contributed by atoms with van der Waals surface area (Å²) in [5.74, 6) is 0.448. The molecule has 0 aliphatic carbocycles. The lowest BCUT2D eigenvalue weighted by molar-refractivity contribution is -0.277. The van der Waals surface area contributed by atoms with Crippen molar-refractivity contribution in [3.05, 3.63) is 40.9 Å². The van der Waals surface area contributed by atoms with E-state index in [1.165, 1.54) is 0 Å². The summed E-state index contributed by atoms with van der Waals surface area (Å²) in [6.07, 6.45) is -6.45. The van der Waals surface area contributed by atoms with E-state index in [1.54, 1.807) is 12.1 Å². The predicted octanol–water partition coefficient (Wildman–Crippen LogP) is 0.781. The summed E-state index contributed by atoms with van der Waals surface area (Å²) in [7, 11) is 0. The highest BCUT2D eigenvalue weighted by molar-refractivity contribution is 9.10. The molecule has 1 saturated heterocycles. The number of halogens is 1. The van der Waals surface area contributed by atoms with E-state index in [0.29, 0.717) is 5.75 Å². The zero-order valence-electron chi connectivity index (χ0n) is 12.0. The van der Waals surface area contributed by atoms with E-state index >= 15 is 0 Å². The van der Waals surface area contributed by atoms with Crippen LogP contribution in [-0.4, -0.2) is 57.7 Å². The van der Waals surface area contributed by atoms with Crippen LogP contribution in [0.4, 0.5) is 0 Å². The summed E-state index contributed by atoms with van der Waals surface area (Å²) in [5.41, 5.74) is 0. The van der Waals surface area contributed by atoms with Crippen molar-refractivity contribution < 1.29 is 29.9 Å². The fourth-order valence-electron chi connectivity index (χ4n) is 2.57. The molecule has 23 heavy (non-hydrogen) atoms. The lowest BCUT2D eigenvalue weighted by Crippen LogP contribution is -2.60. The average molecular weight is 385 g/mol. The van der Waals surface area contributed by atoms with Gasteiger partial charge in [-0.25, -0.2) is 0 Å². The molecule has 0 unspecified atom stereocenters. The summed E-state index contributed by atoms with van der Waals surface area (Å²) < 4.78 is 11.9. The van der Waals surface area contributed by atoms with Gasteiger partial charge in [0, 0.05) is 4.47 Å². The van der Waals surface area contributed by atoms with Gasteiger partial charge in [-0.2, -0.15) is 0 Å². The van der Waals surface area contributed by atoms with E-state index in [1.807, 2.05) is 24.3 Å². The van der Waals surface area contributed by atoms with Crippen LogP contribution in [0.1, 0.15) is 0 Å². The summed E-state index contributed by atoms with van der Waals surface area (Å²) >= 11 is 3.41. The van der Waals surface area contributed by atoms with E-state index < -0.39 is 37.3 Å². The molecule has 0 radical (unpaired) electrons. The fourth-order valence-corrected chi connectivity index (χ4v) is 2.95. The summed E-state index contributed by atoms with van der Waals surface area (Å²) in [4.78, 5) is 0. The number of hydrogen-bond donors (Lipinski definition) is 4. The van der Waals surface area contributed by atoms with Gasteiger partial charge in [0.05, 0.1) is 6.61 Å². The highest BCUT2D eigenvalue weighted by Gasteiger charge is 2.44. The molecule has 1 aliphatic heterocycles. The first-order valence-electron chi connectivity index (χ1n) is 7.16. The molecular formula is C16H17BrO6. The van der Waals surface area contributed by atoms with Gasteiger partial charge >= 0.3 is 0 Å². The Morgan fingerprint density at radius 3 is 2.39 bits per heavy atom. The van der Waals surface area contributed by atoms with Crippen LogP contribution in [0.3, 0.4) is 0 Å². The molecule has 0 spiro atoms. The predicted molar refractivity (Wildman–Crippen MR) is 86.0 cm³/mol. The summed E-state index contributed by atoms with van der Waals surface area (Å²) in [5, 5.41) is 40.6. The van der Waals surface area contributed by atoms with Crippen LogP contribution in [0, 0.1) is 0 Å². The fraction of sp³-hybridized carbons (Fsp3) is 0.375. The average Bonchev–Trinajstić information content (AvgIpc) is 2.55. The van der Waals surface area contributed by atoms with Gasteiger partial charge in [0.15, 0.2) is 0 Å². The molecule has 124 valence electrons. The SMILES string of the molecule is OC[C@H]1O[C@@H](Oc2ccc3cc(Br)ccc3c2)[C@@H](O)[C@@H](O)[C@H]1O. The molecular weight excluding hydrogens is 368 g/mol. The second kappa shape index (κ2) is 6.72. The van der Waals surface area contributed by atoms with E-state index in [4.69, 9.17) is 9.47 Å². The van der Waals surface area contributed by atoms with Crippen LogP contribution < -0.4 is 4.74 Å². The van der Waals surface area contributed by atoms with E-state index in [-0.39, 0.29) is 0 Å². The number of ether oxygens (including phenoxy) is 2. The van der Waals surface area contributed by atoms with Crippen LogP contribution >= 0.6 is 15.9 Å². The molecule has 0 amide bonds. The van der Waals surface area contributed by atoms with Gasteiger partial charge in [0.2, 0.25) is 6.29 Å². The van der Waals surface area contributed by atoms with Crippen LogP contribution in [0.5, 0.6) is 5.75 Å². The first-order valence-corrected chi connectivity index (χ1v) is 7.95. The molecule has 1 fully saturated rings. The zero-order chi connectivity index (χ0) is 16.6. The Hall–Kier alpha value is -1.22. The van der Waals surface area contributed by atoms with Gasteiger partial charge in [0.1, 0.15) is 30.2 Å². The maximum atomic E-state index is 9.98. The Bertz CT molecular complexity index is 691. The minimum Gasteiger partial charge on any atom is -0.462 e. The first kappa shape index (κ1) is 16.6. The molecule has 2 aromatic carbocycles.